The van der Waals surface area contributed by atoms with Crippen LogP contribution in [-0.2, 0) is 13.6 Å². The summed E-state index contributed by atoms with van der Waals surface area (Å²) in [5.41, 5.74) is 1.37. The molecule has 0 unspecified atom stereocenters. The van der Waals surface area contributed by atoms with Gasteiger partial charge in [-0.05, 0) is 61.1 Å². The zero-order valence-corrected chi connectivity index (χ0v) is 23.3. The molecular formula is C26H46O3Si2. The van der Waals surface area contributed by atoms with Crippen molar-refractivity contribution in [2.45, 2.75) is 116 Å². The smallest absolute Gasteiger partial charge is 0.300 e. The molecule has 0 spiro atoms. The Morgan fingerprint density at radius 2 is 1.55 bits per heavy atom. The van der Waals surface area contributed by atoms with Crippen LogP contribution >= 0.6 is 0 Å². The van der Waals surface area contributed by atoms with Crippen molar-refractivity contribution in [2.75, 3.05) is 0 Å². The van der Waals surface area contributed by atoms with Gasteiger partial charge in [0.25, 0.3) is 14.3 Å². The van der Waals surface area contributed by atoms with Crippen molar-refractivity contribution in [2.24, 2.45) is 0 Å². The van der Waals surface area contributed by atoms with Gasteiger partial charge in [0.1, 0.15) is 12.4 Å². The van der Waals surface area contributed by atoms with Crippen LogP contribution in [0.15, 0.2) is 42.5 Å². The van der Waals surface area contributed by atoms with Gasteiger partial charge in [-0.3, -0.25) is 0 Å². The summed E-state index contributed by atoms with van der Waals surface area (Å²) >= 11 is 0. The van der Waals surface area contributed by atoms with E-state index in [9.17, 15) is 0 Å². The van der Waals surface area contributed by atoms with Gasteiger partial charge in [-0.25, -0.2) is 0 Å². The van der Waals surface area contributed by atoms with Crippen LogP contribution in [-0.4, -0.2) is 22.7 Å². The summed E-state index contributed by atoms with van der Waals surface area (Å²) in [6, 6.07) is 14.2. The van der Waals surface area contributed by atoms with Crippen LogP contribution in [0.3, 0.4) is 0 Å². The molecule has 0 amide bonds. The molecular weight excluding hydrogens is 416 g/mol. The number of hydrogen-bond donors (Lipinski definition) is 0. The summed E-state index contributed by atoms with van der Waals surface area (Å²) < 4.78 is 19.9. The first-order valence-corrected chi connectivity index (χ1v) is 17.8. The number of ether oxygens (including phenoxy) is 1. The normalized spacial score (nSPS) is 21.0. The summed E-state index contributed by atoms with van der Waals surface area (Å²) in [5, 5.41) is 0.107. The third-order valence-corrected chi connectivity index (χ3v) is 16.5. The van der Waals surface area contributed by atoms with Crippen molar-refractivity contribution in [3.05, 3.63) is 48.1 Å². The van der Waals surface area contributed by atoms with Gasteiger partial charge in [-0.2, -0.15) is 0 Å². The second-order valence-corrected chi connectivity index (χ2v) is 20.1. The number of hydrogen-bond acceptors (Lipinski definition) is 3. The molecule has 176 valence electrons. The molecule has 1 aromatic rings. The predicted octanol–water partition coefficient (Wildman–Crippen LogP) is 8.57. The van der Waals surface area contributed by atoms with Crippen LogP contribution in [0, 0.1) is 0 Å². The fraction of sp³-hybridized carbons (Fsp3) is 0.692. The molecule has 5 heteroatoms. The predicted molar refractivity (Wildman–Crippen MR) is 137 cm³/mol. The van der Waals surface area contributed by atoms with Gasteiger partial charge in [0.15, 0.2) is 0 Å². The molecule has 1 aliphatic rings. The Morgan fingerprint density at radius 1 is 0.968 bits per heavy atom. The van der Waals surface area contributed by atoms with Crippen molar-refractivity contribution in [3.8, 4) is 0 Å². The summed E-state index contributed by atoms with van der Waals surface area (Å²) in [6.45, 7) is 18.2. The van der Waals surface area contributed by atoms with Gasteiger partial charge in [0.05, 0.1) is 0 Å². The molecule has 0 N–H and O–H groups in total. The second kappa shape index (κ2) is 11.1. The zero-order chi connectivity index (χ0) is 23.1. The summed E-state index contributed by atoms with van der Waals surface area (Å²) in [4.78, 5) is 0. The van der Waals surface area contributed by atoms with Gasteiger partial charge in [0, 0.05) is 5.92 Å². The van der Waals surface area contributed by atoms with Crippen LogP contribution in [0.5, 0.6) is 0 Å². The first kappa shape index (κ1) is 26.0. The average molecular weight is 463 g/mol. The lowest BCUT2D eigenvalue weighted by Gasteiger charge is -2.39. The highest BCUT2D eigenvalue weighted by atomic mass is 28.4. The molecule has 1 aromatic carbocycles. The lowest BCUT2D eigenvalue weighted by molar-refractivity contribution is -0.00103. The monoisotopic (exact) mass is 462 g/mol. The number of rotatable bonds is 10. The number of benzene rings is 1. The van der Waals surface area contributed by atoms with E-state index in [2.05, 4.69) is 85.0 Å². The second-order valence-electron chi connectivity index (χ2n) is 10.6. The molecule has 2 rings (SSSR count). The summed E-state index contributed by atoms with van der Waals surface area (Å²) in [7, 11) is -3.81. The molecule has 1 saturated carbocycles. The highest BCUT2D eigenvalue weighted by Crippen LogP contribution is 2.40. The fourth-order valence-electron chi connectivity index (χ4n) is 4.12. The fourth-order valence-corrected chi connectivity index (χ4v) is 7.37. The molecule has 0 saturated heterocycles. The maximum atomic E-state index is 6.69. The highest BCUT2D eigenvalue weighted by molar-refractivity contribution is 6.74. The van der Waals surface area contributed by atoms with E-state index in [0.29, 0.717) is 11.9 Å². The first-order valence-electron chi connectivity index (χ1n) is 12.4. The lowest BCUT2D eigenvalue weighted by Crippen LogP contribution is -2.42. The third kappa shape index (κ3) is 6.88. The Balaban J connectivity index is 2.31. The minimum atomic E-state index is -2.04. The minimum Gasteiger partial charge on any atom is -0.544 e. The maximum absolute atomic E-state index is 6.69. The summed E-state index contributed by atoms with van der Waals surface area (Å²) in [5.74, 6) is 1.03. The lowest BCUT2D eigenvalue weighted by atomic mass is 9.81. The zero-order valence-electron chi connectivity index (χ0n) is 21.3. The minimum absolute atomic E-state index is 0.107. The third-order valence-electron chi connectivity index (χ3n) is 7.70. The van der Waals surface area contributed by atoms with Crippen molar-refractivity contribution in [1.82, 2.24) is 0 Å². The van der Waals surface area contributed by atoms with E-state index in [0.717, 1.165) is 24.6 Å². The van der Waals surface area contributed by atoms with Gasteiger partial charge in [-0.1, -0.05) is 78.3 Å². The van der Waals surface area contributed by atoms with Gasteiger partial charge in [-0.15, -0.1) is 0 Å². The van der Waals surface area contributed by atoms with Crippen LogP contribution in [0.25, 0.3) is 0 Å². The molecule has 0 aliphatic heterocycles. The highest BCUT2D eigenvalue weighted by Gasteiger charge is 2.41. The molecule has 3 nitrogen and oxygen atoms in total. The molecule has 0 aromatic heterocycles. The van der Waals surface area contributed by atoms with E-state index in [1.165, 1.54) is 24.8 Å². The van der Waals surface area contributed by atoms with Crippen molar-refractivity contribution >= 4 is 16.6 Å². The Morgan fingerprint density at radius 3 is 2.10 bits per heavy atom. The SMILES string of the molecule is CC[Si](CC)(CC)O/C=C(/O[C@@H]1CCCC[C@H]1c1ccccc1)O[Si](C)(C)C(C)(C)C. The van der Waals surface area contributed by atoms with Gasteiger partial charge >= 0.3 is 0 Å². The topological polar surface area (TPSA) is 27.7 Å². The quantitative estimate of drug-likeness (QED) is 0.257. The molecule has 2 atom stereocenters. The van der Waals surface area contributed by atoms with Crippen LogP contribution < -0.4 is 0 Å². The van der Waals surface area contributed by atoms with Gasteiger partial charge in [0.2, 0.25) is 8.32 Å². The molecule has 0 bridgehead atoms. The first-order chi connectivity index (χ1) is 14.6. The van der Waals surface area contributed by atoms with E-state index in [1.54, 1.807) is 0 Å². The van der Waals surface area contributed by atoms with Crippen molar-refractivity contribution in [1.29, 1.82) is 0 Å². The molecule has 1 fully saturated rings. The Labute approximate surface area is 193 Å². The maximum Gasteiger partial charge on any atom is 0.300 e. The molecule has 0 radical (unpaired) electrons. The average Bonchev–Trinajstić information content (AvgIpc) is 2.75. The van der Waals surface area contributed by atoms with E-state index in [4.69, 9.17) is 13.6 Å². The van der Waals surface area contributed by atoms with Crippen molar-refractivity contribution in [3.63, 3.8) is 0 Å². The van der Waals surface area contributed by atoms with Gasteiger partial charge < -0.3 is 13.6 Å². The molecule has 0 heterocycles. The Kier molecular flexibility index (Phi) is 9.32. The van der Waals surface area contributed by atoms with Crippen LogP contribution in [0.1, 0.15) is 78.7 Å². The summed E-state index contributed by atoms with van der Waals surface area (Å²) in [6.07, 6.45) is 6.70. The molecule has 31 heavy (non-hydrogen) atoms. The van der Waals surface area contributed by atoms with E-state index in [1.807, 2.05) is 6.26 Å². The van der Waals surface area contributed by atoms with Crippen LogP contribution in [0.2, 0.25) is 36.3 Å². The Hall–Kier alpha value is -1.21. The molecule has 1 aliphatic carbocycles. The van der Waals surface area contributed by atoms with Crippen LogP contribution in [0.4, 0.5) is 0 Å². The standard InChI is InChI=1S/C26H46O3Si2/c1-9-31(10-2,11-3)27-21-25(29-30(7,8)26(4,5)6)28-24-20-16-15-19-23(24)22-17-13-12-14-18-22/h12-14,17-18,21,23-24H,9-11,15-16,19-20H2,1-8H3/b25-21-/t23-,24+/m0/s1. The van der Waals surface area contributed by atoms with E-state index >= 15 is 0 Å². The Bertz CT molecular complexity index is 682. The van der Waals surface area contributed by atoms with E-state index < -0.39 is 16.6 Å². The largest absolute Gasteiger partial charge is 0.544 e. The van der Waals surface area contributed by atoms with E-state index in [-0.39, 0.29) is 11.1 Å². The van der Waals surface area contributed by atoms with Crippen molar-refractivity contribution < 1.29 is 13.6 Å².